The molecular formula is C27H38N2O2S. The van der Waals surface area contributed by atoms with Crippen LogP contribution in [0.2, 0.25) is 0 Å². The van der Waals surface area contributed by atoms with Gasteiger partial charge < -0.3 is 9.80 Å². The Kier molecular flexibility index (Phi) is 8.16. The van der Waals surface area contributed by atoms with Crippen molar-refractivity contribution in [3.8, 4) is 0 Å². The van der Waals surface area contributed by atoms with Crippen LogP contribution in [-0.4, -0.2) is 41.2 Å². The molecule has 0 N–H and O–H groups in total. The highest BCUT2D eigenvalue weighted by Crippen LogP contribution is 2.37. The van der Waals surface area contributed by atoms with E-state index in [-0.39, 0.29) is 29.8 Å². The Bertz CT molecular complexity index is 900. The number of carbonyl (C=O) groups is 2. The summed E-state index contributed by atoms with van der Waals surface area (Å²) in [5.41, 5.74) is 2.56. The van der Waals surface area contributed by atoms with Crippen LogP contribution in [-0.2, 0) is 16.0 Å². The minimum Gasteiger partial charge on any atom is -0.333 e. The molecule has 3 rings (SSSR count). The van der Waals surface area contributed by atoms with Crippen molar-refractivity contribution in [3.63, 3.8) is 0 Å². The van der Waals surface area contributed by atoms with Gasteiger partial charge in [0.15, 0.2) is 0 Å². The first kappa shape index (κ1) is 24.5. The second-order valence-corrected chi connectivity index (χ2v) is 11.3. The van der Waals surface area contributed by atoms with E-state index < -0.39 is 0 Å². The van der Waals surface area contributed by atoms with E-state index in [9.17, 15) is 9.59 Å². The second kappa shape index (κ2) is 10.7. The van der Waals surface area contributed by atoms with Crippen LogP contribution in [0.15, 0.2) is 41.8 Å². The fourth-order valence-electron chi connectivity index (χ4n) is 4.94. The predicted molar refractivity (Wildman–Crippen MR) is 133 cm³/mol. The molecule has 4 nitrogen and oxygen atoms in total. The Morgan fingerprint density at radius 3 is 2.56 bits per heavy atom. The number of hydrogen-bond donors (Lipinski definition) is 0. The van der Waals surface area contributed by atoms with Gasteiger partial charge in [0.25, 0.3) is 0 Å². The number of benzene rings is 1. The third-order valence-electron chi connectivity index (χ3n) is 6.06. The summed E-state index contributed by atoms with van der Waals surface area (Å²) in [7, 11) is 0. The van der Waals surface area contributed by atoms with Crippen LogP contribution in [0.3, 0.4) is 0 Å². The Morgan fingerprint density at radius 1 is 1.19 bits per heavy atom. The minimum atomic E-state index is -0.0721. The first-order valence-electron chi connectivity index (χ1n) is 11.9. The van der Waals surface area contributed by atoms with E-state index in [1.165, 1.54) is 10.4 Å². The predicted octanol–water partition coefficient (Wildman–Crippen LogP) is 5.92. The molecular weight excluding hydrogens is 416 g/mol. The Balaban J connectivity index is 1.76. The maximum absolute atomic E-state index is 13.6. The molecule has 0 saturated carbocycles. The van der Waals surface area contributed by atoms with Crippen LogP contribution < -0.4 is 0 Å². The molecule has 2 amide bonds. The van der Waals surface area contributed by atoms with Crippen LogP contribution in [0.25, 0.3) is 0 Å². The highest BCUT2D eigenvalue weighted by atomic mass is 32.1. The molecule has 2 aromatic rings. The molecule has 1 aromatic carbocycles. The SMILES string of the molecule is CCCN(CC(=O)N1CCc2sccc2C1c1ccccc1)C(=O)CC(C)CC(C)(C)C. The molecule has 32 heavy (non-hydrogen) atoms. The zero-order chi connectivity index (χ0) is 23.3. The molecule has 2 atom stereocenters. The van der Waals surface area contributed by atoms with Crippen molar-refractivity contribution < 1.29 is 9.59 Å². The van der Waals surface area contributed by atoms with E-state index in [4.69, 9.17) is 0 Å². The third-order valence-corrected chi connectivity index (χ3v) is 7.05. The number of carbonyl (C=O) groups excluding carboxylic acids is 2. The lowest BCUT2D eigenvalue weighted by Gasteiger charge is -2.37. The van der Waals surface area contributed by atoms with Gasteiger partial charge in [-0.05, 0) is 53.2 Å². The summed E-state index contributed by atoms with van der Waals surface area (Å²) in [5, 5.41) is 2.12. The van der Waals surface area contributed by atoms with Gasteiger partial charge in [-0.2, -0.15) is 0 Å². The second-order valence-electron chi connectivity index (χ2n) is 10.3. The van der Waals surface area contributed by atoms with Crippen molar-refractivity contribution >= 4 is 23.2 Å². The molecule has 0 bridgehead atoms. The molecule has 1 aromatic heterocycles. The van der Waals surface area contributed by atoms with Gasteiger partial charge in [0.2, 0.25) is 11.8 Å². The van der Waals surface area contributed by atoms with Crippen molar-refractivity contribution in [1.82, 2.24) is 9.80 Å². The molecule has 174 valence electrons. The largest absolute Gasteiger partial charge is 0.333 e. The zero-order valence-corrected chi connectivity index (χ0v) is 21.1. The Morgan fingerprint density at radius 2 is 1.91 bits per heavy atom. The highest BCUT2D eigenvalue weighted by molar-refractivity contribution is 7.10. The van der Waals surface area contributed by atoms with Crippen molar-refractivity contribution in [2.24, 2.45) is 11.3 Å². The molecule has 1 aliphatic heterocycles. The molecule has 1 aliphatic rings. The molecule has 0 saturated heterocycles. The van der Waals surface area contributed by atoms with Gasteiger partial charge in [-0.1, -0.05) is 65.0 Å². The van der Waals surface area contributed by atoms with Crippen LogP contribution in [0.1, 0.15) is 75.9 Å². The zero-order valence-electron chi connectivity index (χ0n) is 20.3. The smallest absolute Gasteiger partial charge is 0.242 e. The van der Waals surface area contributed by atoms with Gasteiger partial charge in [-0.15, -0.1) is 11.3 Å². The maximum Gasteiger partial charge on any atom is 0.242 e. The summed E-state index contributed by atoms with van der Waals surface area (Å²) in [6, 6.07) is 12.3. The number of thiophene rings is 1. The standard InChI is InChI=1S/C27H38N2O2S/c1-6-14-28(24(30)17-20(2)18-27(3,4)5)19-25(31)29-15-12-23-22(13-16-32-23)26(29)21-10-8-7-9-11-21/h7-11,13,16,20,26H,6,12,14-15,17-19H2,1-5H3. The summed E-state index contributed by atoms with van der Waals surface area (Å²) < 4.78 is 0. The monoisotopic (exact) mass is 454 g/mol. The van der Waals surface area contributed by atoms with Gasteiger partial charge in [-0.25, -0.2) is 0 Å². The molecule has 0 spiro atoms. The molecule has 5 heteroatoms. The van der Waals surface area contributed by atoms with Crippen molar-refractivity contribution in [3.05, 3.63) is 57.8 Å². The van der Waals surface area contributed by atoms with Crippen LogP contribution in [0, 0.1) is 11.3 Å². The number of rotatable bonds is 8. The Hall–Kier alpha value is -2.14. The summed E-state index contributed by atoms with van der Waals surface area (Å²) in [5.74, 6) is 0.444. The van der Waals surface area contributed by atoms with Gasteiger partial charge in [0, 0.05) is 24.4 Å². The van der Waals surface area contributed by atoms with E-state index in [1.54, 1.807) is 16.2 Å². The average molecular weight is 455 g/mol. The Labute approximate surface area is 197 Å². The normalized spacial score (nSPS) is 17.0. The lowest BCUT2D eigenvalue weighted by atomic mass is 9.84. The topological polar surface area (TPSA) is 40.6 Å². The van der Waals surface area contributed by atoms with Gasteiger partial charge in [0.05, 0.1) is 12.6 Å². The van der Waals surface area contributed by atoms with Crippen LogP contribution >= 0.6 is 11.3 Å². The van der Waals surface area contributed by atoms with Crippen LogP contribution in [0.4, 0.5) is 0 Å². The van der Waals surface area contributed by atoms with E-state index in [0.29, 0.717) is 25.4 Å². The lowest BCUT2D eigenvalue weighted by Crippen LogP contribution is -2.47. The summed E-state index contributed by atoms with van der Waals surface area (Å²) in [6.07, 6.45) is 3.23. The van der Waals surface area contributed by atoms with Gasteiger partial charge in [-0.3, -0.25) is 9.59 Å². The molecule has 0 aliphatic carbocycles. The molecule has 0 fully saturated rings. The van der Waals surface area contributed by atoms with Crippen molar-refractivity contribution in [1.29, 1.82) is 0 Å². The van der Waals surface area contributed by atoms with Gasteiger partial charge in [0.1, 0.15) is 0 Å². The summed E-state index contributed by atoms with van der Waals surface area (Å²) in [4.78, 5) is 31.8. The number of nitrogens with zero attached hydrogens (tertiary/aromatic N) is 2. The minimum absolute atomic E-state index is 0.0426. The van der Waals surface area contributed by atoms with E-state index in [2.05, 4.69) is 58.2 Å². The lowest BCUT2D eigenvalue weighted by molar-refractivity contribution is -0.142. The first-order valence-corrected chi connectivity index (χ1v) is 12.8. The van der Waals surface area contributed by atoms with E-state index >= 15 is 0 Å². The number of amides is 2. The third kappa shape index (κ3) is 6.22. The summed E-state index contributed by atoms with van der Waals surface area (Å²) in [6.45, 7) is 12.3. The number of hydrogen-bond acceptors (Lipinski definition) is 3. The fraction of sp³-hybridized carbons (Fsp3) is 0.556. The fourth-order valence-corrected chi connectivity index (χ4v) is 5.84. The van der Waals surface area contributed by atoms with Crippen molar-refractivity contribution in [2.75, 3.05) is 19.6 Å². The maximum atomic E-state index is 13.6. The first-order chi connectivity index (χ1) is 15.2. The molecule has 2 unspecified atom stereocenters. The molecule has 0 radical (unpaired) electrons. The van der Waals surface area contributed by atoms with E-state index in [0.717, 1.165) is 24.8 Å². The van der Waals surface area contributed by atoms with Crippen molar-refractivity contribution in [2.45, 2.75) is 66.3 Å². The van der Waals surface area contributed by atoms with Gasteiger partial charge >= 0.3 is 0 Å². The van der Waals surface area contributed by atoms with Crippen LogP contribution in [0.5, 0.6) is 0 Å². The highest BCUT2D eigenvalue weighted by Gasteiger charge is 2.34. The van der Waals surface area contributed by atoms with E-state index in [1.807, 2.05) is 23.1 Å². The average Bonchev–Trinajstić information content (AvgIpc) is 3.20. The molecule has 2 heterocycles. The quantitative estimate of drug-likeness (QED) is 0.496. The number of fused-ring (bicyclic) bond motifs is 1. The summed E-state index contributed by atoms with van der Waals surface area (Å²) >= 11 is 1.77.